The Kier molecular flexibility index (Phi) is 5.84. The van der Waals surface area contributed by atoms with Gasteiger partial charge in [0.05, 0.1) is 6.20 Å². The van der Waals surface area contributed by atoms with Crippen molar-refractivity contribution < 1.29 is 4.39 Å². The van der Waals surface area contributed by atoms with Crippen LogP contribution in [0.15, 0.2) is 48.8 Å². The van der Waals surface area contributed by atoms with Gasteiger partial charge in [0.15, 0.2) is 0 Å². The van der Waals surface area contributed by atoms with Gasteiger partial charge in [-0.2, -0.15) is 0 Å². The quantitative estimate of drug-likeness (QED) is 0.850. The molecule has 1 heterocycles. The first-order chi connectivity index (χ1) is 10.2. The van der Waals surface area contributed by atoms with Crippen molar-refractivity contribution in [2.75, 3.05) is 13.1 Å². The first-order valence-electron chi connectivity index (χ1n) is 7.29. The maximum atomic E-state index is 13.4. The third-order valence-electron chi connectivity index (χ3n) is 3.63. The number of aromatic nitrogens is 1. The molecular weight excluding hydrogens is 265 g/mol. The predicted octanol–water partition coefficient (Wildman–Crippen LogP) is 3.13. The molecule has 0 bridgehead atoms. The Morgan fingerprint density at radius 3 is 2.67 bits per heavy atom. The fraction of sp³-hybridized carbons (Fsp3) is 0.353. The molecule has 1 aromatic carbocycles. The number of hydrogen-bond donors (Lipinski definition) is 1. The molecule has 1 aromatic heterocycles. The van der Waals surface area contributed by atoms with E-state index in [1.54, 1.807) is 12.3 Å². The van der Waals surface area contributed by atoms with Crippen LogP contribution >= 0.6 is 0 Å². The van der Waals surface area contributed by atoms with Crippen LogP contribution in [0, 0.1) is 5.82 Å². The van der Waals surface area contributed by atoms with Gasteiger partial charge in [-0.25, -0.2) is 4.39 Å². The monoisotopic (exact) mass is 287 g/mol. The third-order valence-corrected chi connectivity index (χ3v) is 3.63. The van der Waals surface area contributed by atoms with Crippen molar-refractivity contribution in [1.29, 1.82) is 0 Å². The van der Waals surface area contributed by atoms with E-state index in [1.165, 1.54) is 11.8 Å². The predicted molar refractivity (Wildman–Crippen MR) is 83.1 cm³/mol. The van der Waals surface area contributed by atoms with E-state index in [2.05, 4.69) is 28.9 Å². The van der Waals surface area contributed by atoms with Gasteiger partial charge in [-0.15, -0.1) is 0 Å². The third kappa shape index (κ3) is 4.62. The molecule has 0 spiro atoms. The maximum absolute atomic E-state index is 13.4. The van der Waals surface area contributed by atoms with Crippen molar-refractivity contribution in [2.24, 2.45) is 5.73 Å². The lowest BCUT2D eigenvalue weighted by atomic mass is 10.1. The molecule has 112 valence electrons. The van der Waals surface area contributed by atoms with E-state index >= 15 is 0 Å². The number of benzene rings is 1. The molecule has 1 atom stereocenters. The average Bonchev–Trinajstić information content (AvgIpc) is 2.51. The van der Waals surface area contributed by atoms with Gasteiger partial charge in [-0.05, 0) is 37.1 Å². The summed E-state index contributed by atoms with van der Waals surface area (Å²) in [4.78, 5) is 6.25. The molecule has 0 radical (unpaired) electrons. The summed E-state index contributed by atoms with van der Waals surface area (Å²) in [5.41, 5.74) is 7.77. The zero-order chi connectivity index (χ0) is 15.1. The molecule has 0 amide bonds. The Bertz CT molecular complexity index is 545. The molecule has 3 nitrogen and oxygen atoms in total. The molecule has 0 aliphatic rings. The van der Waals surface area contributed by atoms with Crippen molar-refractivity contribution in [3.8, 4) is 0 Å². The van der Waals surface area contributed by atoms with E-state index < -0.39 is 0 Å². The number of nitrogens with zero attached hydrogens (tertiary/aromatic N) is 2. The molecule has 0 aliphatic carbocycles. The molecule has 2 rings (SSSR count). The normalized spacial score (nSPS) is 12.6. The molecule has 4 heteroatoms. The van der Waals surface area contributed by atoms with Crippen LogP contribution in [0.2, 0.25) is 0 Å². The van der Waals surface area contributed by atoms with Gasteiger partial charge >= 0.3 is 0 Å². The van der Waals surface area contributed by atoms with Crippen molar-refractivity contribution in [3.63, 3.8) is 0 Å². The number of nitrogens with two attached hydrogens (primary N) is 1. The van der Waals surface area contributed by atoms with Crippen LogP contribution in [0.5, 0.6) is 0 Å². The Labute approximate surface area is 125 Å². The lowest BCUT2D eigenvalue weighted by molar-refractivity contribution is 0.199. The first-order valence-corrected chi connectivity index (χ1v) is 7.29. The highest BCUT2D eigenvalue weighted by Crippen LogP contribution is 2.22. The molecule has 0 aliphatic heterocycles. The van der Waals surface area contributed by atoms with Crippen molar-refractivity contribution in [1.82, 2.24) is 9.88 Å². The minimum atomic E-state index is -0.294. The molecular formula is C17H22FN3. The van der Waals surface area contributed by atoms with Gasteiger partial charge < -0.3 is 5.73 Å². The van der Waals surface area contributed by atoms with E-state index in [1.807, 2.05) is 18.2 Å². The Hall–Kier alpha value is -1.78. The Morgan fingerprint density at radius 2 is 2.00 bits per heavy atom. The van der Waals surface area contributed by atoms with Crippen LogP contribution in [-0.2, 0) is 6.54 Å². The summed E-state index contributed by atoms with van der Waals surface area (Å²) in [6.45, 7) is 4.43. The highest BCUT2D eigenvalue weighted by Gasteiger charge is 2.16. The number of hydrogen-bond acceptors (Lipinski definition) is 3. The number of halogens is 1. The average molecular weight is 287 g/mol. The summed E-state index contributed by atoms with van der Waals surface area (Å²) >= 11 is 0. The van der Waals surface area contributed by atoms with Crippen LogP contribution in [0.4, 0.5) is 4.39 Å². The minimum Gasteiger partial charge on any atom is -0.330 e. The van der Waals surface area contributed by atoms with Gasteiger partial charge in [0.25, 0.3) is 0 Å². The molecule has 0 saturated heterocycles. The number of rotatable bonds is 7. The molecule has 1 unspecified atom stereocenters. The van der Waals surface area contributed by atoms with Crippen molar-refractivity contribution >= 4 is 0 Å². The van der Waals surface area contributed by atoms with E-state index in [0.717, 1.165) is 25.1 Å². The summed E-state index contributed by atoms with van der Waals surface area (Å²) in [6, 6.07) is 11.9. The van der Waals surface area contributed by atoms with Crippen molar-refractivity contribution in [2.45, 2.75) is 25.9 Å². The topological polar surface area (TPSA) is 42.2 Å². The van der Waals surface area contributed by atoms with Crippen LogP contribution in [0.3, 0.4) is 0 Å². The van der Waals surface area contributed by atoms with E-state index in [9.17, 15) is 4.39 Å². The molecule has 21 heavy (non-hydrogen) atoms. The fourth-order valence-corrected chi connectivity index (χ4v) is 2.39. The SMILES string of the molecule is CC(c1cncc(F)c1)N(CCCN)Cc1ccccc1. The van der Waals surface area contributed by atoms with E-state index in [-0.39, 0.29) is 11.9 Å². The summed E-state index contributed by atoms with van der Waals surface area (Å²) in [5, 5.41) is 0. The maximum Gasteiger partial charge on any atom is 0.141 e. The van der Waals surface area contributed by atoms with Gasteiger partial charge in [0, 0.05) is 25.3 Å². The Morgan fingerprint density at radius 1 is 1.24 bits per heavy atom. The second kappa shape index (κ2) is 7.86. The molecule has 2 N–H and O–H groups in total. The fourth-order valence-electron chi connectivity index (χ4n) is 2.39. The Balaban J connectivity index is 2.14. The largest absolute Gasteiger partial charge is 0.330 e. The van der Waals surface area contributed by atoms with Crippen LogP contribution in [-0.4, -0.2) is 23.0 Å². The minimum absolute atomic E-state index is 0.0972. The zero-order valence-corrected chi connectivity index (χ0v) is 12.4. The second-order valence-corrected chi connectivity index (χ2v) is 5.21. The lowest BCUT2D eigenvalue weighted by Gasteiger charge is -2.29. The lowest BCUT2D eigenvalue weighted by Crippen LogP contribution is -2.29. The van der Waals surface area contributed by atoms with Gasteiger partial charge in [-0.3, -0.25) is 9.88 Å². The second-order valence-electron chi connectivity index (χ2n) is 5.21. The van der Waals surface area contributed by atoms with E-state index in [0.29, 0.717) is 6.54 Å². The highest BCUT2D eigenvalue weighted by atomic mass is 19.1. The highest BCUT2D eigenvalue weighted by molar-refractivity contribution is 5.17. The van der Waals surface area contributed by atoms with Crippen LogP contribution in [0.1, 0.15) is 30.5 Å². The molecule has 2 aromatic rings. The molecule has 0 saturated carbocycles. The zero-order valence-electron chi connectivity index (χ0n) is 12.4. The van der Waals surface area contributed by atoms with Crippen molar-refractivity contribution in [3.05, 3.63) is 65.7 Å². The summed E-state index contributed by atoms with van der Waals surface area (Å²) in [7, 11) is 0. The van der Waals surface area contributed by atoms with E-state index in [4.69, 9.17) is 5.73 Å². The van der Waals surface area contributed by atoms with Gasteiger partial charge in [0.1, 0.15) is 5.82 Å². The number of pyridine rings is 1. The first kappa shape index (κ1) is 15.6. The van der Waals surface area contributed by atoms with Gasteiger partial charge in [0.2, 0.25) is 0 Å². The molecule has 0 fully saturated rings. The summed E-state index contributed by atoms with van der Waals surface area (Å²) in [5.74, 6) is -0.294. The van der Waals surface area contributed by atoms with Gasteiger partial charge in [-0.1, -0.05) is 30.3 Å². The standard InChI is InChI=1S/C17H22FN3/c1-14(16-10-17(18)12-20-11-16)21(9-5-8-19)13-15-6-3-2-4-7-15/h2-4,6-7,10-12,14H,5,8-9,13,19H2,1H3. The van der Waals surface area contributed by atoms with Crippen LogP contribution in [0.25, 0.3) is 0 Å². The van der Waals surface area contributed by atoms with Crippen LogP contribution < -0.4 is 5.73 Å². The summed E-state index contributed by atoms with van der Waals surface area (Å²) in [6.07, 6.45) is 3.88. The smallest absolute Gasteiger partial charge is 0.141 e. The summed E-state index contributed by atoms with van der Waals surface area (Å²) < 4.78 is 13.4.